The molecule has 1 unspecified atom stereocenters. The molecule has 1 amide bonds. The molecular formula is C16H24FN3O2. The van der Waals surface area contributed by atoms with Gasteiger partial charge in [-0.25, -0.2) is 9.18 Å². The fourth-order valence-corrected chi connectivity index (χ4v) is 2.41. The average Bonchev–Trinajstić information content (AvgIpc) is 2.76. The highest BCUT2D eigenvalue weighted by Crippen LogP contribution is 2.22. The van der Waals surface area contributed by atoms with Crippen molar-refractivity contribution in [3.05, 3.63) is 24.0 Å². The van der Waals surface area contributed by atoms with Gasteiger partial charge in [0.25, 0.3) is 0 Å². The van der Waals surface area contributed by atoms with Gasteiger partial charge in [-0.05, 0) is 59.0 Å². The Morgan fingerprint density at radius 2 is 2.14 bits per heavy atom. The van der Waals surface area contributed by atoms with E-state index in [1.54, 1.807) is 32.9 Å². The van der Waals surface area contributed by atoms with Crippen LogP contribution in [0.4, 0.5) is 20.6 Å². The summed E-state index contributed by atoms with van der Waals surface area (Å²) in [6.45, 7) is 7.28. The molecule has 22 heavy (non-hydrogen) atoms. The van der Waals surface area contributed by atoms with Crippen LogP contribution in [0.25, 0.3) is 0 Å². The summed E-state index contributed by atoms with van der Waals surface area (Å²) < 4.78 is 19.0. The summed E-state index contributed by atoms with van der Waals surface area (Å²) in [5, 5.41) is 5.81. The molecule has 6 heteroatoms. The average molecular weight is 309 g/mol. The van der Waals surface area contributed by atoms with Crippen LogP contribution in [0.3, 0.4) is 0 Å². The highest BCUT2D eigenvalue weighted by atomic mass is 19.1. The maximum Gasteiger partial charge on any atom is 0.412 e. The number of nitrogens with zero attached hydrogens (tertiary/aromatic N) is 1. The molecule has 5 nitrogen and oxygen atoms in total. The van der Waals surface area contributed by atoms with Crippen LogP contribution in [0.2, 0.25) is 0 Å². The first-order valence-corrected chi connectivity index (χ1v) is 7.47. The smallest absolute Gasteiger partial charge is 0.412 e. The third-order valence-corrected chi connectivity index (χ3v) is 3.36. The first-order valence-electron chi connectivity index (χ1n) is 7.47. The zero-order valence-electron chi connectivity index (χ0n) is 13.6. The molecule has 0 aliphatic carbocycles. The Morgan fingerprint density at radius 1 is 1.41 bits per heavy atom. The molecule has 1 atom stereocenters. The van der Waals surface area contributed by atoms with Gasteiger partial charge in [-0.3, -0.25) is 5.32 Å². The summed E-state index contributed by atoms with van der Waals surface area (Å²) in [6, 6.07) is 4.95. The van der Waals surface area contributed by atoms with Crippen LogP contribution >= 0.6 is 0 Å². The van der Waals surface area contributed by atoms with Crippen molar-refractivity contribution in [2.75, 3.05) is 30.8 Å². The summed E-state index contributed by atoms with van der Waals surface area (Å²) in [5.74, 6) is -0.486. The minimum absolute atomic E-state index is 0.116. The number of amides is 1. The lowest BCUT2D eigenvalue weighted by molar-refractivity contribution is 0.0635. The van der Waals surface area contributed by atoms with E-state index in [9.17, 15) is 9.18 Å². The molecular weight excluding hydrogens is 285 g/mol. The van der Waals surface area contributed by atoms with Crippen molar-refractivity contribution in [3.63, 3.8) is 0 Å². The molecule has 0 spiro atoms. The van der Waals surface area contributed by atoms with Crippen LogP contribution in [0.5, 0.6) is 0 Å². The predicted octanol–water partition coefficient (Wildman–Crippen LogP) is 3.29. The number of likely N-dealkylation sites (N-methyl/N-ethyl adjacent to an activating group) is 1. The first-order chi connectivity index (χ1) is 10.2. The summed E-state index contributed by atoms with van der Waals surface area (Å²) >= 11 is 0. The van der Waals surface area contributed by atoms with E-state index in [0.29, 0.717) is 6.04 Å². The van der Waals surface area contributed by atoms with E-state index in [-0.39, 0.29) is 5.69 Å². The highest BCUT2D eigenvalue weighted by molar-refractivity contribution is 5.85. The zero-order chi connectivity index (χ0) is 16.3. The third kappa shape index (κ3) is 4.87. The van der Waals surface area contributed by atoms with Gasteiger partial charge in [-0.1, -0.05) is 0 Å². The summed E-state index contributed by atoms with van der Waals surface area (Å²) in [5.41, 5.74) is 0.281. The molecule has 0 aromatic heterocycles. The van der Waals surface area contributed by atoms with E-state index in [4.69, 9.17) is 4.74 Å². The van der Waals surface area contributed by atoms with Crippen molar-refractivity contribution in [2.45, 2.75) is 38.8 Å². The number of ether oxygens (including phenoxy) is 1. The van der Waals surface area contributed by atoms with Gasteiger partial charge in [-0.15, -0.1) is 0 Å². The summed E-state index contributed by atoms with van der Waals surface area (Å²) in [6.07, 6.45) is 0.382. The Balaban J connectivity index is 2.02. The van der Waals surface area contributed by atoms with Crippen molar-refractivity contribution >= 4 is 17.5 Å². The number of likely N-dealkylation sites (tertiary alicyclic amines) is 1. The van der Waals surface area contributed by atoms with E-state index in [0.717, 1.165) is 25.2 Å². The second-order valence-electron chi connectivity index (χ2n) is 6.71. The molecule has 2 rings (SSSR count). The van der Waals surface area contributed by atoms with Gasteiger partial charge in [0.15, 0.2) is 0 Å². The SMILES string of the molecule is CN1CCC(Nc2ccc(F)c(NC(=O)OC(C)(C)C)c2)C1. The molecule has 1 aliphatic heterocycles. The third-order valence-electron chi connectivity index (χ3n) is 3.36. The highest BCUT2D eigenvalue weighted by Gasteiger charge is 2.20. The van der Waals surface area contributed by atoms with E-state index in [1.165, 1.54) is 6.07 Å². The normalized spacial score (nSPS) is 19.0. The molecule has 0 saturated carbocycles. The lowest BCUT2D eigenvalue weighted by Gasteiger charge is -2.20. The monoisotopic (exact) mass is 309 g/mol. The molecule has 0 bridgehead atoms. The van der Waals surface area contributed by atoms with Gasteiger partial charge in [-0.2, -0.15) is 0 Å². The number of carbonyl (C=O) groups excluding carboxylic acids is 1. The van der Waals surface area contributed by atoms with Gasteiger partial charge < -0.3 is 15.0 Å². The van der Waals surface area contributed by atoms with Crippen LogP contribution < -0.4 is 10.6 Å². The molecule has 1 fully saturated rings. The number of anilines is 2. The molecule has 1 saturated heterocycles. The number of halogens is 1. The Kier molecular flexibility index (Phi) is 4.90. The van der Waals surface area contributed by atoms with Crippen LogP contribution in [0.15, 0.2) is 18.2 Å². The molecule has 1 heterocycles. The second-order valence-corrected chi connectivity index (χ2v) is 6.71. The largest absolute Gasteiger partial charge is 0.444 e. The molecule has 1 aromatic carbocycles. The fraction of sp³-hybridized carbons (Fsp3) is 0.562. The van der Waals surface area contributed by atoms with Gasteiger partial charge in [0.2, 0.25) is 0 Å². The molecule has 2 N–H and O–H groups in total. The van der Waals surface area contributed by atoms with Crippen LogP contribution in [0.1, 0.15) is 27.2 Å². The van der Waals surface area contributed by atoms with E-state index in [1.807, 2.05) is 0 Å². The standard InChI is InChI=1S/C16H24FN3O2/c1-16(2,3)22-15(21)19-14-9-11(5-6-13(14)17)18-12-7-8-20(4)10-12/h5-6,9,12,18H,7-8,10H2,1-4H3,(H,19,21). The number of hydrogen-bond donors (Lipinski definition) is 2. The van der Waals surface area contributed by atoms with Gasteiger partial charge in [0.1, 0.15) is 11.4 Å². The molecule has 1 aromatic rings. The van der Waals surface area contributed by atoms with E-state index in [2.05, 4.69) is 22.6 Å². The summed E-state index contributed by atoms with van der Waals surface area (Å²) in [7, 11) is 2.07. The van der Waals surface area contributed by atoms with Crippen LogP contribution in [-0.4, -0.2) is 42.8 Å². The number of nitrogens with one attached hydrogen (secondary N) is 2. The van der Waals surface area contributed by atoms with Gasteiger partial charge in [0.05, 0.1) is 5.69 Å². The molecule has 122 valence electrons. The maximum absolute atomic E-state index is 13.8. The van der Waals surface area contributed by atoms with Crippen molar-refractivity contribution in [1.82, 2.24) is 4.90 Å². The quantitative estimate of drug-likeness (QED) is 0.899. The molecule has 0 radical (unpaired) electrons. The minimum atomic E-state index is -0.663. The second kappa shape index (κ2) is 6.52. The summed E-state index contributed by atoms with van der Waals surface area (Å²) in [4.78, 5) is 14.0. The lowest BCUT2D eigenvalue weighted by atomic mass is 10.2. The van der Waals surface area contributed by atoms with Crippen LogP contribution in [-0.2, 0) is 4.74 Å². The Hall–Kier alpha value is -1.82. The zero-order valence-corrected chi connectivity index (χ0v) is 13.6. The van der Waals surface area contributed by atoms with Crippen LogP contribution in [0, 0.1) is 5.82 Å². The maximum atomic E-state index is 13.8. The Bertz CT molecular complexity index is 543. The lowest BCUT2D eigenvalue weighted by Crippen LogP contribution is -2.27. The number of carbonyl (C=O) groups is 1. The Labute approximate surface area is 130 Å². The van der Waals surface area contributed by atoms with Gasteiger partial charge >= 0.3 is 6.09 Å². The molecule has 1 aliphatic rings. The predicted molar refractivity (Wildman–Crippen MR) is 85.8 cm³/mol. The number of benzene rings is 1. The van der Waals surface area contributed by atoms with Crippen molar-refractivity contribution < 1.29 is 13.9 Å². The van der Waals surface area contributed by atoms with E-state index >= 15 is 0 Å². The van der Waals surface area contributed by atoms with Gasteiger partial charge in [0, 0.05) is 18.3 Å². The number of hydrogen-bond acceptors (Lipinski definition) is 4. The minimum Gasteiger partial charge on any atom is -0.444 e. The van der Waals surface area contributed by atoms with Crippen molar-refractivity contribution in [3.8, 4) is 0 Å². The van der Waals surface area contributed by atoms with Crippen molar-refractivity contribution in [1.29, 1.82) is 0 Å². The van der Waals surface area contributed by atoms with Crippen molar-refractivity contribution in [2.24, 2.45) is 0 Å². The number of rotatable bonds is 3. The first kappa shape index (κ1) is 16.5. The fourth-order valence-electron chi connectivity index (χ4n) is 2.41. The Morgan fingerprint density at radius 3 is 2.73 bits per heavy atom. The van der Waals surface area contributed by atoms with E-state index < -0.39 is 17.5 Å². The topological polar surface area (TPSA) is 53.6 Å².